The van der Waals surface area contributed by atoms with Gasteiger partial charge >= 0.3 is 19.5 Å². The van der Waals surface area contributed by atoms with Gasteiger partial charge in [0.25, 0.3) is 0 Å². The predicted molar refractivity (Wildman–Crippen MR) is 114 cm³/mol. The van der Waals surface area contributed by atoms with E-state index in [0.29, 0.717) is 34.8 Å². The van der Waals surface area contributed by atoms with Gasteiger partial charge in [0.2, 0.25) is 0 Å². The maximum absolute atomic E-state index is 5.16. The van der Waals surface area contributed by atoms with Gasteiger partial charge in [-0.05, 0) is 29.6 Å². The van der Waals surface area contributed by atoms with Crippen LogP contribution in [0.2, 0.25) is 0 Å². The van der Waals surface area contributed by atoms with Crippen molar-refractivity contribution in [1.82, 2.24) is 10.6 Å². The first kappa shape index (κ1) is 21.3. The minimum Gasteiger partial charge on any atom is -0.741 e. The molecule has 6 nitrogen and oxygen atoms in total. The van der Waals surface area contributed by atoms with Gasteiger partial charge in [-0.2, -0.15) is 10.2 Å². The van der Waals surface area contributed by atoms with Crippen LogP contribution in [0.4, 0.5) is 0 Å². The third kappa shape index (κ3) is 4.67. The molecule has 0 bridgehead atoms. The van der Waals surface area contributed by atoms with Gasteiger partial charge in [0, 0.05) is 29.6 Å². The van der Waals surface area contributed by atoms with Crippen LogP contribution in [-0.4, -0.2) is 34.8 Å². The second-order valence-corrected chi connectivity index (χ2v) is 6.25. The summed E-state index contributed by atoms with van der Waals surface area (Å²) in [6.07, 6.45) is 0. The van der Waals surface area contributed by atoms with Crippen LogP contribution < -0.4 is 10.6 Å². The average Bonchev–Trinajstić information content (AvgIpc) is 2.94. The van der Waals surface area contributed by atoms with Crippen molar-refractivity contribution in [2.45, 2.75) is 13.8 Å². The molecule has 0 aromatic heterocycles. The molecule has 0 fully saturated rings. The van der Waals surface area contributed by atoms with E-state index in [0.717, 1.165) is 21.9 Å². The maximum atomic E-state index is 5.16. The minimum absolute atomic E-state index is 0. The number of nitrogens with one attached hydrogen (secondary N) is 2. The molecule has 0 saturated heterocycles. The van der Waals surface area contributed by atoms with Gasteiger partial charge in [-0.25, -0.2) is 0 Å². The maximum Gasteiger partial charge on any atom is 2.00 e. The second kappa shape index (κ2) is 9.83. The molecule has 1 aliphatic rings. The Balaban J connectivity index is 0.00000261. The van der Waals surface area contributed by atoms with Crippen molar-refractivity contribution in [1.29, 1.82) is 0 Å². The number of benzene rings is 2. The molecule has 2 N–H and O–H groups in total. The van der Waals surface area contributed by atoms with E-state index in [4.69, 9.17) is 25.3 Å². The summed E-state index contributed by atoms with van der Waals surface area (Å²) in [4.78, 5) is 0. The van der Waals surface area contributed by atoms with E-state index in [1.807, 2.05) is 38.1 Å². The summed E-state index contributed by atoms with van der Waals surface area (Å²) in [5.74, 6) is 0. The normalized spacial score (nSPS) is 16.7. The molecule has 0 heterocycles. The first-order valence-corrected chi connectivity index (χ1v) is 9.13. The second-order valence-electron chi connectivity index (χ2n) is 5.48. The standard InChI is InChI=1S/C18H20N6S2.Zn/c1-3-19-17(25)23-21-15-12-9-5-7-11-8-6-10-13(14(11)12)16(15)22-24-18(26)20-4-2;/h5-10H,3-4H2,1-2H3,(H2,19,23,25)(H2,20,24,26);/q;+2/p-2/b21-15+,22-16+;. The fourth-order valence-corrected chi connectivity index (χ4v) is 3.13. The third-order valence-electron chi connectivity index (χ3n) is 3.78. The van der Waals surface area contributed by atoms with E-state index in [2.05, 4.69) is 43.2 Å². The summed E-state index contributed by atoms with van der Waals surface area (Å²) >= 11 is 10.3. The third-order valence-corrected chi connectivity index (χ3v) is 4.23. The van der Waals surface area contributed by atoms with Gasteiger partial charge in [-0.15, -0.1) is 10.2 Å². The molecule has 27 heavy (non-hydrogen) atoms. The monoisotopic (exact) mass is 446 g/mol. The molecule has 0 unspecified atom stereocenters. The van der Waals surface area contributed by atoms with Gasteiger partial charge in [-0.3, -0.25) is 0 Å². The van der Waals surface area contributed by atoms with E-state index in [-0.39, 0.29) is 19.5 Å². The van der Waals surface area contributed by atoms with Gasteiger partial charge in [-0.1, -0.05) is 36.4 Å². The Kier molecular flexibility index (Phi) is 7.77. The molecule has 0 aliphatic heterocycles. The molecule has 0 saturated carbocycles. The van der Waals surface area contributed by atoms with E-state index in [1.54, 1.807) is 0 Å². The molecule has 1 aliphatic carbocycles. The molecule has 0 amide bonds. The van der Waals surface area contributed by atoms with Gasteiger partial charge < -0.3 is 35.9 Å². The van der Waals surface area contributed by atoms with Gasteiger partial charge in [0.1, 0.15) is 11.4 Å². The Morgan fingerprint density at radius 3 is 1.67 bits per heavy atom. The van der Waals surface area contributed by atoms with Crippen molar-refractivity contribution in [3.05, 3.63) is 47.5 Å². The van der Waals surface area contributed by atoms with E-state index >= 15 is 0 Å². The van der Waals surface area contributed by atoms with Crippen molar-refractivity contribution in [2.75, 3.05) is 13.1 Å². The van der Waals surface area contributed by atoms with E-state index in [1.165, 1.54) is 0 Å². The van der Waals surface area contributed by atoms with Crippen LogP contribution in [0.3, 0.4) is 0 Å². The van der Waals surface area contributed by atoms with Gasteiger partial charge in [0.05, 0.1) is 0 Å². The predicted octanol–water partition coefficient (Wildman–Crippen LogP) is 2.28. The Bertz CT molecular complexity index is 879. The fraction of sp³-hybridized carbons (Fsp3) is 0.222. The van der Waals surface area contributed by atoms with Crippen LogP contribution >= 0.6 is 0 Å². The van der Waals surface area contributed by atoms with Crippen molar-refractivity contribution in [2.24, 2.45) is 20.4 Å². The molecule has 0 atom stereocenters. The molecule has 2 aromatic rings. The minimum atomic E-state index is 0. The van der Waals surface area contributed by atoms with Crippen molar-refractivity contribution in [3.8, 4) is 0 Å². The van der Waals surface area contributed by atoms with E-state index in [9.17, 15) is 0 Å². The number of nitrogens with zero attached hydrogens (tertiary/aromatic N) is 4. The summed E-state index contributed by atoms with van der Waals surface area (Å²) in [6.45, 7) is 5.29. The first-order valence-electron chi connectivity index (χ1n) is 8.31. The summed E-state index contributed by atoms with van der Waals surface area (Å²) in [5.41, 5.74) is 3.20. The summed E-state index contributed by atoms with van der Waals surface area (Å²) in [7, 11) is 0. The first-order chi connectivity index (χ1) is 12.7. The van der Waals surface area contributed by atoms with Crippen LogP contribution in [0.5, 0.6) is 0 Å². The molecule has 134 valence electrons. The molecular formula is C18H18N6S2Zn. The summed E-state index contributed by atoms with van der Waals surface area (Å²) < 4.78 is 0. The molecule has 2 aromatic carbocycles. The molecular weight excluding hydrogens is 430 g/mol. The molecule has 9 heteroatoms. The fourth-order valence-electron chi connectivity index (χ4n) is 2.76. The quantitative estimate of drug-likeness (QED) is 0.248. The number of amidine groups is 2. The zero-order valence-electron chi connectivity index (χ0n) is 15.2. The average molecular weight is 448 g/mol. The molecule has 0 spiro atoms. The van der Waals surface area contributed by atoms with Crippen LogP contribution in [0, 0.1) is 0 Å². The Labute approximate surface area is 182 Å². The number of hydrogen-bond acceptors (Lipinski definition) is 6. The van der Waals surface area contributed by atoms with E-state index < -0.39 is 0 Å². The number of hydrogen-bond donors (Lipinski definition) is 2. The van der Waals surface area contributed by atoms with Crippen molar-refractivity contribution < 1.29 is 19.5 Å². The van der Waals surface area contributed by atoms with Crippen molar-refractivity contribution >= 4 is 57.8 Å². The van der Waals surface area contributed by atoms with Crippen molar-refractivity contribution in [3.63, 3.8) is 0 Å². The van der Waals surface area contributed by atoms with Crippen LogP contribution in [-0.2, 0) is 44.7 Å². The zero-order valence-corrected chi connectivity index (χ0v) is 19.8. The largest absolute Gasteiger partial charge is 2.00 e. The Morgan fingerprint density at radius 1 is 0.815 bits per heavy atom. The Hall–Kier alpha value is -1.96. The van der Waals surface area contributed by atoms with Crippen LogP contribution in [0.25, 0.3) is 10.8 Å². The smallest absolute Gasteiger partial charge is 0.741 e. The summed E-state index contributed by atoms with van der Waals surface area (Å²) in [6, 6.07) is 12.1. The Morgan fingerprint density at radius 2 is 1.26 bits per heavy atom. The van der Waals surface area contributed by atoms with Crippen LogP contribution in [0.1, 0.15) is 25.0 Å². The zero-order chi connectivity index (χ0) is 18.5. The molecule has 0 radical (unpaired) electrons. The molecule has 3 rings (SSSR count). The SMILES string of the molecule is CCN/C([S-])=N/N=C1/C(=N/N=C(\[S-])NCC)c2cccc3cccc1c23.[Zn+2]. The topological polar surface area (TPSA) is 73.5 Å². The van der Waals surface area contributed by atoms with Gasteiger partial charge in [0.15, 0.2) is 0 Å². The summed E-state index contributed by atoms with van der Waals surface area (Å²) in [5, 5.41) is 25.8. The number of rotatable bonds is 4. The van der Waals surface area contributed by atoms with Crippen LogP contribution in [0.15, 0.2) is 56.8 Å².